The van der Waals surface area contributed by atoms with Gasteiger partial charge in [0.2, 0.25) is 0 Å². The number of sulfonamides is 2. The van der Waals surface area contributed by atoms with E-state index in [9.17, 15) is 26.4 Å². The average Bonchev–Trinajstić information content (AvgIpc) is 2.97. The van der Waals surface area contributed by atoms with Gasteiger partial charge in [0.15, 0.2) is 11.6 Å². The number of ketones is 2. The van der Waals surface area contributed by atoms with Crippen LogP contribution in [0.15, 0.2) is 80.2 Å². The Labute approximate surface area is 264 Å². The summed E-state index contributed by atoms with van der Waals surface area (Å²) >= 11 is 2.30. The fraction of sp³-hybridized carbons (Fsp3) is 0.133. The molecule has 1 aliphatic rings. The molecule has 0 heterocycles. The molecular weight excluding hydrogens is 641 g/mol. The highest BCUT2D eigenvalue weighted by Crippen LogP contribution is 2.46. The third-order valence-corrected chi connectivity index (χ3v) is 11.5. The van der Waals surface area contributed by atoms with E-state index >= 15 is 0 Å². The summed E-state index contributed by atoms with van der Waals surface area (Å²) in [5.74, 6) is -1.56. The molecule has 0 amide bonds. The lowest BCUT2D eigenvalue weighted by Gasteiger charge is -2.27. The topological polar surface area (TPSA) is 179 Å². The largest absolute Gasteiger partial charge is 0.397 e. The molecule has 0 atom stereocenters. The first-order chi connectivity index (χ1) is 20.7. The van der Waals surface area contributed by atoms with Crippen LogP contribution >= 0.6 is 23.5 Å². The SMILES string of the molecule is CSc1cc(NS(=O)(=O)c2ccc(C)cc2)c2c(c1N)C(=O)c1c(NS(=O)(=O)c3ccc(C)cc3)cc(SC)c(N)c1C2=O. The zero-order valence-electron chi connectivity index (χ0n) is 24.0. The number of hydrogen-bond donors (Lipinski definition) is 4. The maximum atomic E-state index is 14.3. The number of carbonyl (C=O) groups is 2. The Balaban J connectivity index is 1.73. The van der Waals surface area contributed by atoms with Crippen LogP contribution in [0, 0.1) is 13.8 Å². The predicted molar refractivity (Wildman–Crippen MR) is 176 cm³/mol. The van der Waals surface area contributed by atoms with Gasteiger partial charge in [-0.3, -0.25) is 19.0 Å². The molecule has 0 spiro atoms. The van der Waals surface area contributed by atoms with E-state index in [1.165, 1.54) is 36.4 Å². The second kappa shape index (κ2) is 11.5. The number of hydrogen-bond acceptors (Lipinski definition) is 10. The molecule has 44 heavy (non-hydrogen) atoms. The number of benzene rings is 4. The molecule has 228 valence electrons. The van der Waals surface area contributed by atoms with Crippen molar-refractivity contribution in [3.05, 3.63) is 94.0 Å². The minimum absolute atomic E-state index is 0.0466. The Morgan fingerprint density at radius 2 is 0.886 bits per heavy atom. The standard InChI is InChI=1S/C30H28N4O6S4/c1-15-5-9-17(10-6-15)43(37,38)33-19-13-21(41-3)27(31)25-23(19)29(35)26-24(30(25)36)20(14-22(42-4)28(26)32)34-44(39,40)18-11-7-16(2)8-12-18/h5-14,33-34H,31-32H2,1-4H3. The van der Waals surface area contributed by atoms with E-state index in [1.807, 2.05) is 13.8 Å². The number of aryl methyl sites for hydroxylation is 2. The Bertz CT molecular complexity index is 1930. The minimum Gasteiger partial charge on any atom is -0.397 e. The van der Waals surface area contributed by atoms with Gasteiger partial charge < -0.3 is 11.5 Å². The maximum Gasteiger partial charge on any atom is 0.261 e. The van der Waals surface area contributed by atoms with Crippen LogP contribution in [0.4, 0.5) is 22.7 Å². The van der Waals surface area contributed by atoms with E-state index in [1.54, 1.807) is 36.8 Å². The van der Waals surface area contributed by atoms with Crippen LogP contribution in [0.3, 0.4) is 0 Å². The molecule has 0 saturated carbocycles. The van der Waals surface area contributed by atoms with Crippen LogP contribution in [0.1, 0.15) is 43.0 Å². The summed E-state index contributed by atoms with van der Waals surface area (Å²) < 4.78 is 58.5. The Morgan fingerprint density at radius 3 is 1.18 bits per heavy atom. The number of thioether (sulfide) groups is 2. The van der Waals surface area contributed by atoms with Gasteiger partial charge in [-0.15, -0.1) is 23.5 Å². The van der Waals surface area contributed by atoms with Crippen LogP contribution in [-0.4, -0.2) is 40.9 Å². The van der Waals surface area contributed by atoms with Crippen molar-refractivity contribution >= 4 is 77.9 Å². The van der Waals surface area contributed by atoms with Gasteiger partial charge in [-0.2, -0.15) is 0 Å². The molecule has 0 aliphatic heterocycles. The number of fused-ring (bicyclic) bond motifs is 2. The van der Waals surface area contributed by atoms with Crippen LogP contribution in [-0.2, 0) is 20.0 Å². The Morgan fingerprint density at radius 1 is 0.568 bits per heavy atom. The van der Waals surface area contributed by atoms with Gasteiger partial charge in [0.25, 0.3) is 20.0 Å². The number of rotatable bonds is 8. The van der Waals surface area contributed by atoms with Gasteiger partial charge in [0.05, 0.1) is 54.8 Å². The van der Waals surface area contributed by atoms with Crippen LogP contribution in [0.25, 0.3) is 0 Å². The van der Waals surface area contributed by atoms with Crippen molar-refractivity contribution in [3.8, 4) is 0 Å². The molecule has 5 rings (SSSR count). The molecule has 0 fully saturated rings. The van der Waals surface area contributed by atoms with E-state index in [-0.39, 0.29) is 54.8 Å². The van der Waals surface area contributed by atoms with Crippen molar-refractivity contribution in [1.82, 2.24) is 0 Å². The summed E-state index contributed by atoms with van der Waals surface area (Å²) in [6.07, 6.45) is 3.37. The third-order valence-electron chi connectivity index (χ3n) is 7.16. The zero-order valence-corrected chi connectivity index (χ0v) is 27.3. The van der Waals surface area contributed by atoms with E-state index in [0.717, 1.165) is 34.7 Å². The van der Waals surface area contributed by atoms with Gasteiger partial charge in [0, 0.05) is 9.79 Å². The molecular formula is C30H28N4O6S4. The fourth-order valence-electron chi connectivity index (χ4n) is 4.88. The molecule has 14 heteroatoms. The first-order valence-corrected chi connectivity index (χ1v) is 18.4. The second-order valence-corrected chi connectivity index (χ2v) is 15.1. The summed E-state index contributed by atoms with van der Waals surface area (Å²) in [4.78, 5) is 29.2. The van der Waals surface area contributed by atoms with Gasteiger partial charge in [-0.05, 0) is 62.8 Å². The van der Waals surface area contributed by atoms with Crippen LogP contribution in [0.5, 0.6) is 0 Å². The van der Waals surface area contributed by atoms with Crippen molar-refractivity contribution in [2.75, 3.05) is 33.4 Å². The number of nitrogens with one attached hydrogen (secondary N) is 2. The smallest absolute Gasteiger partial charge is 0.261 e. The van der Waals surface area contributed by atoms with Crippen molar-refractivity contribution in [2.45, 2.75) is 33.4 Å². The molecule has 4 aromatic carbocycles. The Kier molecular flexibility index (Phi) is 8.22. The van der Waals surface area contributed by atoms with Crippen molar-refractivity contribution in [1.29, 1.82) is 0 Å². The average molecular weight is 669 g/mol. The quantitative estimate of drug-likeness (QED) is 0.125. The summed E-state index contributed by atoms with van der Waals surface area (Å²) in [5, 5.41) is 0. The summed E-state index contributed by atoms with van der Waals surface area (Å²) in [6, 6.07) is 15.0. The molecule has 10 nitrogen and oxygen atoms in total. The highest BCUT2D eigenvalue weighted by Gasteiger charge is 2.40. The lowest BCUT2D eigenvalue weighted by molar-refractivity contribution is 0.0981. The third kappa shape index (κ3) is 5.42. The van der Waals surface area contributed by atoms with E-state index in [2.05, 4.69) is 9.44 Å². The first-order valence-electron chi connectivity index (χ1n) is 13.0. The number of nitrogen functional groups attached to an aromatic ring is 2. The minimum atomic E-state index is -4.20. The molecule has 0 unspecified atom stereocenters. The first kappa shape index (κ1) is 31.4. The molecule has 1 aliphatic carbocycles. The molecule has 0 saturated heterocycles. The van der Waals surface area contributed by atoms with Crippen molar-refractivity contribution in [3.63, 3.8) is 0 Å². The predicted octanol–water partition coefficient (Wildman–Crippen LogP) is 5.29. The maximum absolute atomic E-state index is 14.3. The van der Waals surface area contributed by atoms with Crippen LogP contribution in [0.2, 0.25) is 0 Å². The highest BCUT2D eigenvalue weighted by atomic mass is 32.2. The molecule has 0 radical (unpaired) electrons. The van der Waals surface area contributed by atoms with E-state index in [0.29, 0.717) is 9.79 Å². The normalized spacial score (nSPS) is 12.9. The summed E-state index contributed by atoms with van der Waals surface area (Å²) in [6.45, 7) is 3.63. The van der Waals surface area contributed by atoms with Crippen LogP contribution < -0.4 is 20.9 Å². The molecule has 0 bridgehead atoms. The summed E-state index contributed by atoms with van der Waals surface area (Å²) in [5.41, 5.74) is 13.1. The molecule has 0 aromatic heterocycles. The number of anilines is 4. The fourth-order valence-corrected chi connectivity index (χ4v) is 8.12. The van der Waals surface area contributed by atoms with E-state index < -0.39 is 31.6 Å². The monoisotopic (exact) mass is 668 g/mol. The van der Waals surface area contributed by atoms with Gasteiger partial charge in [-0.25, -0.2) is 16.8 Å². The number of nitrogens with two attached hydrogens (primary N) is 2. The van der Waals surface area contributed by atoms with Gasteiger partial charge in [-0.1, -0.05) is 35.4 Å². The highest BCUT2D eigenvalue weighted by molar-refractivity contribution is 7.99. The van der Waals surface area contributed by atoms with Gasteiger partial charge in [0.1, 0.15) is 0 Å². The van der Waals surface area contributed by atoms with Crippen molar-refractivity contribution in [2.24, 2.45) is 0 Å². The lowest BCUT2D eigenvalue weighted by atomic mass is 9.81. The lowest BCUT2D eigenvalue weighted by Crippen LogP contribution is -2.28. The summed E-state index contributed by atoms with van der Waals surface area (Å²) in [7, 11) is -8.40. The van der Waals surface area contributed by atoms with Crippen molar-refractivity contribution < 1.29 is 26.4 Å². The zero-order chi connectivity index (χ0) is 32.1. The van der Waals surface area contributed by atoms with E-state index in [4.69, 9.17) is 11.5 Å². The molecule has 4 aromatic rings. The number of carbonyl (C=O) groups excluding carboxylic acids is 2. The molecule has 6 N–H and O–H groups in total. The Hall–Kier alpha value is -3.98. The second-order valence-electron chi connectivity index (χ2n) is 10.1. The van der Waals surface area contributed by atoms with Gasteiger partial charge >= 0.3 is 0 Å².